The van der Waals surface area contributed by atoms with E-state index in [0.29, 0.717) is 0 Å². The second-order valence-corrected chi connectivity index (χ2v) is 3.37. The molecular weight excluding hydrogens is 251 g/mol. The molecule has 1 amide bonds. The fourth-order valence-electron chi connectivity index (χ4n) is 1.55. The highest BCUT2D eigenvalue weighted by atomic mass is 19.4. The standard InChI is InChI=1S/C11H10F3NO3/c1-18-9(17)10(15-7-16,11(12,13)14)8-5-3-2-4-6-8/h2-7H,1H3,(H,15,16)/t10-/m1/s1. The molecule has 18 heavy (non-hydrogen) atoms. The van der Waals surface area contributed by atoms with Crippen LogP contribution in [0, 0.1) is 0 Å². The minimum atomic E-state index is -5.03. The van der Waals surface area contributed by atoms with E-state index in [1.807, 2.05) is 0 Å². The minimum absolute atomic E-state index is 0.183. The van der Waals surface area contributed by atoms with Crippen molar-refractivity contribution in [2.75, 3.05) is 7.11 Å². The molecule has 1 aromatic rings. The number of halogens is 3. The lowest BCUT2D eigenvalue weighted by Gasteiger charge is -2.32. The summed E-state index contributed by atoms with van der Waals surface area (Å²) in [5.74, 6) is -1.60. The number of benzene rings is 1. The van der Waals surface area contributed by atoms with E-state index in [2.05, 4.69) is 4.74 Å². The second-order valence-electron chi connectivity index (χ2n) is 3.37. The smallest absolute Gasteiger partial charge is 0.426 e. The van der Waals surface area contributed by atoms with Crippen LogP contribution in [0.2, 0.25) is 0 Å². The third-order valence-electron chi connectivity index (χ3n) is 2.40. The van der Waals surface area contributed by atoms with Crippen LogP contribution in [-0.2, 0) is 19.9 Å². The number of nitrogens with one attached hydrogen (secondary N) is 1. The van der Waals surface area contributed by atoms with Crippen LogP contribution in [0.15, 0.2) is 30.3 Å². The summed E-state index contributed by atoms with van der Waals surface area (Å²) in [7, 11) is 0.818. The van der Waals surface area contributed by atoms with Gasteiger partial charge in [-0.05, 0) is 5.56 Å². The zero-order valence-corrected chi connectivity index (χ0v) is 9.32. The lowest BCUT2D eigenvalue weighted by atomic mass is 9.89. The molecule has 0 aromatic heterocycles. The molecule has 0 bridgehead atoms. The molecule has 0 aliphatic rings. The van der Waals surface area contributed by atoms with Gasteiger partial charge in [-0.25, -0.2) is 4.79 Å². The van der Waals surface area contributed by atoms with Gasteiger partial charge in [-0.15, -0.1) is 0 Å². The van der Waals surface area contributed by atoms with Crippen molar-refractivity contribution in [2.24, 2.45) is 0 Å². The van der Waals surface area contributed by atoms with Gasteiger partial charge in [0.05, 0.1) is 7.11 Å². The molecule has 1 rings (SSSR count). The van der Waals surface area contributed by atoms with Crippen LogP contribution in [0.4, 0.5) is 13.2 Å². The maximum Gasteiger partial charge on any atom is 0.426 e. The van der Waals surface area contributed by atoms with Gasteiger partial charge in [-0.2, -0.15) is 13.2 Å². The van der Waals surface area contributed by atoms with E-state index in [4.69, 9.17) is 0 Å². The van der Waals surface area contributed by atoms with Gasteiger partial charge < -0.3 is 10.1 Å². The first-order valence-electron chi connectivity index (χ1n) is 4.82. The molecule has 0 spiro atoms. The normalized spacial score (nSPS) is 14.4. The van der Waals surface area contributed by atoms with E-state index in [1.165, 1.54) is 23.5 Å². The molecule has 0 heterocycles. The molecule has 1 aromatic carbocycles. The predicted molar refractivity (Wildman–Crippen MR) is 55.4 cm³/mol. The molecule has 0 fully saturated rings. The lowest BCUT2D eigenvalue weighted by molar-refractivity contribution is -0.214. The van der Waals surface area contributed by atoms with Crippen LogP contribution in [-0.4, -0.2) is 25.7 Å². The summed E-state index contributed by atoms with van der Waals surface area (Å²) in [6.07, 6.45) is -5.21. The SMILES string of the molecule is COC(=O)[C@](NC=O)(c1ccccc1)C(F)(F)F. The summed E-state index contributed by atoms with van der Waals surface area (Å²) in [5.41, 5.74) is -3.61. The third-order valence-corrected chi connectivity index (χ3v) is 2.40. The van der Waals surface area contributed by atoms with Gasteiger partial charge in [0.25, 0.3) is 5.54 Å². The molecule has 4 nitrogen and oxygen atoms in total. The Morgan fingerprint density at radius 2 is 1.83 bits per heavy atom. The molecular formula is C11H10F3NO3. The fourth-order valence-corrected chi connectivity index (χ4v) is 1.55. The van der Waals surface area contributed by atoms with Crippen LogP contribution in [0.3, 0.4) is 0 Å². The Balaban J connectivity index is 3.49. The molecule has 0 unspecified atom stereocenters. The Morgan fingerprint density at radius 1 is 1.28 bits per heavy atom. The maximum absolute atomic E-state index is 13.2. The number of carbonyl (C=O) groups excluding carboxylic acids is 2. The largest absolute Gasteiger partial charge is 0.467 e. The van der Waals surface area contributed by atoms with E-state index in [0.717, 1.165) is 19.2 Å². The summed E-state index contributed by atoms with van der Waals surface area (Å²) in [5, 5.41) is 1.52. The molecule has 0 aliphatic heterocycles. The summed E-state index contributed by atoms with van der Waals surface area (Å²) in [6, 6.07) is 6.31. The highest BCUT2D eigenvalue weighted by molar-refractivity contribution is 5.86. The van der Waals surface area contributed by atoms with Crippen molar-refractivity contribution in [1.29, 1.82) is 0 Å². The van der Waals surface area contributed by atoms with Crippen LogP contribution in [0.5, 0.6) is 0 Å². The molecule has 98 valence electrons. The van der Waals surface area contributed by atoms with Crippen molar-refractivity contribution in [1.82, 2.24) is 5.32 Å². The highest BCUT2D eigenvalue weighted by Crippen LogP contribution is 2.39. The van der Waals surface area contributed by atoms with E-state index < -0.39 is 23.2 Å². The number of ether oxygens (including phenoxy) is 1. The van der Waals surface area contributed by atoms with E-state index in [1.54, 1.807) is 0 Å². The number of rotatable bonds is 4. The van der Waals surface area contributed by atoms with Crippen LogP contribution < -0.4 is 5.32 Å². The first kappa shape index (κ1) is 14.0. The minimum Gasteiger partial charge on any atom is -0.467 e. The molecule has 0 saturated heterocycles. The molecule has 0 aliphatic carbocycles. The average molecular weight is 261 g/mol. The highest BCUT2D eigenvalue weighted by Gasteiger charge is 2.63. The van der Waals surface area contributed by atoms with Gasteiger partial charge >= 0.3 is 12.1 Å². The van der Waals surface area contributed by atoms with E-state index in [9.17, 15) is 22.8 Å². The first-order valence-corrected chi connectivity index (χ1v) is 4.82. The number of esters is 1. The van der Waals surface area contributed by atoms with Crippen molar-refractivity contribution >= 4 is 12.4 Å². The monoisotopic (exact) mass is 261 g/mol. The maximum atomic E-state index is 13.2. The third kappa shape index (κ3) is 2.15. The van der Waals surface area contributed by atoms with Gasteiger partial charge in [-0.3, -0.25) is 4.79 Å². The number of carbonyl (C=O) groups is 2. The van der Waals surface area contributed by atoms with Gasteiger partial charge in [0.2, 0.25) is 6.41 Å². The summed E-state index contributed by atoms with van der Waals surface area (Å²) >= 11 is 0. The number of methoxy groups -OCH3 is 1. The second kappa shape index (κ2) is 5.07. The average Bonchev–Trinajstić information content (AvgIpc) is 2.34. The number of hydrogen-bond acceptors (Lipinski definition) is 3. The zero-order valence-electron chi connectivity index (χ0n) is 9.32. The van der Waals surface area contributed by atoms with Gasteiger partial charge in [0, 0.05) is 0 Å². The number of hydrogen-bond donors (Lipinski definition) is 1. The summed E-state index contributed by atoms with van der Waals surface area (Å²) in [4.78, 5) is 21.9. The van der Waals surface area contributed by atoms with Gasteiger partial charge in [-0.1, -0.05) is 30.3 Å². The molecule has 0 radical (unpaired) electrons. The van der Waals surface area contributed by atoms with Crippen molar-refractivity contribution in [2.45, 2.75) is 11.7 Å². The Morgan fingerprint density at radius 3 is 2.22 bits per heavy atom. The summed E-state index contributed by atoms with van der Waals surface area (Å²) < 4.78 is 43.7. The Kier molecular flexibility index (Phi) is 3.95. The number of amides is 1. The van der Waals surface area contributed by atoms with Crippen molar-refractivity contribution < 1.29 is 27.5 Å². The van der Waals surface area contributed by atoms with Crippen LogP contribution in [0.25, 0.3) is 0 Å². The molecule has 7 heteroatoms. The Labute approximate surface area is 101 Å². The molecule has 1 atom stereocenters. The zero-order chi connectivity index (χ0) is 13.8. The Bertz CT molecular complexity index is 433. The van der Waals surface area contributed by atoms with Crippen LogP contribution in [0.1, 0.15) is 5.56 Å². The molecule has 1 N–H and O–H groups in total. The topological polar surface area (TPSA) is 55.4 Å². The van der Waals surface area contributed by atoms with Crippen LogP contribution >= 0.6 is 0 Å². The molecule has 0 saturated carbocycles. The quantitative estimate of drug-likeness (QED) is 0.657. The Hall–Kier alpha value is -2.05. The van der Waals surface area contributed by atoms with Crippen molar-refractivity contribution in [3.05, 3.63) is 35.9 Å². The van der Waals surface area contributed by atoms with Gasteiger partial charge in [0.1, 0.15) is 0 Å². The van der Waals surface area contributed by atoms with Crippen molar-refractivity contribution in [3.63, 3.8) is 0 Å². The number of alkyl halides is 3. The van der Waals surface area contributed by atoms with E-state index in [-0.39, 0.29) is 6.41 Å². The summed E-state index contributed by atoms with van der Waals surface area (Å²) in [6.45, 7) is 0. The fraction of sp³-hybridized carbons (Fsp3) is 0.273. The predicted octanol–water partition coefficient (Wildman–Crippen LogP) is 1.36. The van der Waals surface area contributed by atoms with Gasteiger partial charge in [0.15, 0.2) is 0 Å². The lowest BCUT2D eigenvalue weighted by Crippen LogP contribution is -2.59. The van der Waals surface area contributed by atoms with Crippen molar-refractivity contribution in [3.8, 4) is 0 Å². The van der Waals surface area contributed by atoms with E-state index >= 15 is 0 Å². The first-order chi connectivity index (χ1) is 8.40.